The summed E-state index contributed by atoms with van der Waals surface area (Å²) in [5.74, 6) is 2.02. The van der Waals surface area contributed by atoms with Crippen LogP contribution in [0.5, 0.6) is 17.2 Å². The maximum atomic E-state index is 10.8. The SMILES string of the molecule is COc1ccc(CN2CCOc3ccc([C@H](O)Cc4ccccc4)cc3C2)c(Cl)c1OC. The molecule has 0 aromatic heterocycles. The second kappa shape index (κ2) is 10.3. The number of methoxy groups -OCH3 is 2. The molecular weight excluding hydrogens is 426 g/mol. The van der Waals surface area contributed by atoms with E-state index in [1.54, 1.807) is 14.2 Å². The van der Waals surface area contributed by atoms with Gasteiger partial charge in [-0.1, -0.05) is 54.1 Å². The van der Waals surface area contributed by atoms with Crippen molar-refractivity contribution in [1.82, 2.24) is 4.90 Å². The highest BCUT2D eigenvalue weighted by molar-refractivity contribution is 6.33. The van der Waals surface area contributed by atoms with Crippen LogP contribution < -0.4 is 14.2 Å². The zero-order valence-electron chi connectivity index (χ0n) is 18.4. The molecule has 3 aromatic rings. The summed E-state index contributed by atoms with van der Waals surface area (Å²) in [4.78, 5) is 2.28. The smallest absolute Gasteiger partial charge is 0.179 e. The third-order valence-corrected chi connectivity index (χ3v) is 6.17. The molecule has 0 saturated heterocycles. The Bertz CT molecular complexity index is 1060. The molecule has 6 heteroatoms. The number of fused-ring (bicyclic) bond motifs is 1. The molecule has 0 amide bonds. The molecule has 0 fully saturated rings. The van der Waals surface area contributed by atoms with Crippen LogP contribution in [0, 0.1) is 0 Å². The Labute approximate surface area is 194 Å². The van der Waals surface area contributed by atoms with Gasteiger partial charge in [0.1, 0.15) is 12.4 Å². The van der Waals surface area contributed by atoms with Gasteiger partial charge < -0.3 is 19.3 Å². The molecule has 1 heterocycles. The fraction of sp³-hybridized carbons (Fsp3) is 0.308. The van der Waals surface area contributed by atoms with Gasteiger partial charge in [-0.25, -0.2) is 0 Å². The zero-order valence-corrected chi connectivity index (χ0v) is 19.1. The Kier molecular flexibility index (Phi) is 7.20. The minimum Gasteiger partial charge on any atom is -0.493 e. The van der Waals surface area contributed by atoms with Crippen molar-refractivity contribution in [2.45, 2.75) is 25.6 Å². The molecule has 0 radical (unpaired) electrons. The summed E-state index contributed by atoms with van der Waals surface area (Å²) < 4.78 is 16.8. The third-order valence-electron chi connectivity index (χ3n) is 5.76. The predicted molar refractivity (Wildman–Crippen MR) is 126 cm³/mol. The molecule has 3 aromatic carbocycles. The van der Waals surface area contributed by atoms with Crippen LogP contribution in [0.1, 0.15) is 28.4 Å². The number of halogens is 1. The maximum absolute atomic E-state index is 10.8. The lowest BCUT2D eigenvalue weighted by Gasteiger charge is -2.22. The van der Waals surface area contributed by atoms with Crippen molar-refractivity contribution >= 4 is 11.6 Å². The van der Waals surface area contributed by atoms with Gasteiger partial charge in [0.25, 0.3) is 0 Å². The molecule has 4 rings (SSSR count). The summed E-state index contributed by atoms with van der Waals surface area (Å²) >= 11 is 6.60. The maximum Gasteiger partial charge on any atom is 0.179 e. The minimum absolute atomic E-state index is 0.546. The van der Waals surface area contributed by atoms with Crippen molar-refractivity contribution in [2.24, 2.45) is 0 Å². The molecule has 5 nitrogen and oxygen atoms in total. The van der Waals surface area contributed by atoms with Gasteiger partial charge >= 0.3 is 0 Å². The van der Waals surface area contributed by atoms with E-state index in [1.165, 1.54) is 0 Å². The second-order valence-electron chi connectivity index (χ2n) is 7.91. The van der Waals surface area contributed by atoms with E-state index in [4.69, 9.17) is 25.8 Å². The first-order valence-electron chi connectivity index (χ1n) is 10.7. The zero-order chi connectivity index (χ0) is 22.5. The predicted octanol–water partition coefficient (Wildman–Crippen LogP) is 5.03. The number of benzene rings is 3. The molecule has 1 aliphatic heterocycles. The average Bonchev–Trinajstić information content (AvgIpc) is 3.02. The van der Waals surface area contributed by atoms with E-state index in [0.717, 1.165) is 34.5 Å². The monoisotopic (exact) mass is 453 g/mol. The molecule has 0 aliphatic carbocycles. The molecule has 0 bridgehead atoms. The number of rotatable bonds is 7. The Morgan fingerprint density at radius 2 is 1.88 bits per heavy atom. The molecule has 0 unspecified atom stereocenters. The minimum atomic E-state index is -0.570. The Morgan fingerprint density at radius 1 is 1.06 bits per heavy atom. The number of nitrogens with zero attached hydrogens (tertiary/aromatic N) is 1. The van der Waals surface area contributed by atoms with Gasteiger partial charge in [-0.05, 0) is 34.9 Å². The lowest BCUT2D eigenvalue weighted by molar-refractivity contribution is 0.178. The molecule has 1 atom stereocenters. The van der Waals surface area contributed by atoms with Crippen molar-refractivity contribution in [1.29, 1.82) is 0 Å². The molecule has 1 N–H and O–H groups in total. The number of aliphatic hydroxyl groups excluding tert-OH is 1. The summed E-state index contributed by atoms with van der Waals surface area (Å²) in [5, 5.41) is 11.4. The van der Waals surface area contributed by atoms with Crippen molar-refractivity contribution < 1.29 is 19.3 Å². The fourth-order valence-corrected chi connectivity index (χ4v) is 4.35. The van der Waals surface area contributed by atoms with Crippen LogP contribution >= 0.6 is 11.6 Å². The first-order chi connectivity index (χ1) is 15.6. The van der Waals surface area contributed by atoms with Crippen LogP contribution in [0.4, 0.5) is 0 Å². The van der Waals surface area contributed by atoms with E-state index in [-0.39, 0.29) is 0 Å². The number of aliphatic hydroxyl groups is 1. The van der Waals surface area contributed by atoms with Crippen LogP contribution in [0.3, 0.4) is 0 Å². The van der Waals surface area contributed by atoms with Crippen LogP contribution in [0.25, 0.3) is 0 Å². The Balaban J connectivity index is 1.52. The summed E-state index contributed by atoms with van der Waals surface area (Å²) in [6.45, 7) is 2.70. The van der Waals surface area contributed by atoms with Gasteiger partial charge in [0.2, 0.25) is 0 Å². The summed E-state index contributed by atoms with van der Waals surface area (Å²) in [6.07, 6.45) is 0.00512. The largest absolute Gasteiger partial charge is 0.493 e. The second-order valence-corrected chi connectivity index (χ2v) is 8.28. The standard InChI is InChI=1S/C26H28ClNO4/c1-30-24-11-9-20(25(27)26(24)31-2)16-28-12-13-32-23-10-8-19(15-21(23)17-28)22(29)14-18-6-4-3-5-7-18/h3-11,15,22,29H,12-14,16-17H2,1-2H3/t22-/m1/s1. The van der Waals surface area contributed by atoms with Crippen LogP contribution in [-0.2, 0) is 19.5 Å². The molecule has 0 spiro atoms. The van der Waals surface area contributed by atoms with Crippen molar-refractivity contribution in [3.63, 3.8) is 0 Å². The van der Waals surface area contributed by atoms with Crippen molar-refractivity contribution in [2.75, 3.05) is 27.4 Å². The summed E-state index contributed by atoms with van der Waals surface area (Å²) in [7, 11) is 3.19. The molecular formula is C26H28ClNO4. The van der Waals surface area contributed by atoms with Gasteiger partial charge in [-0.2, -0.15) is 0 Å². The lowest BCUT2D eigenvalue weighted by atomic mass is 9.99. The molecule has 32 heavy (non-hydrogen) atoms. The van der Waals surface area contributed by atoms with E-state index in [0.29, 0.717) is 42.6 Å². The highest BCUT2D eigenvalue weighted by Gasteiger charge is 2.20. The van der Waals surface area contributed by atoms with Crippen LogP contribution in [-0.4, -0.2) is 37.4 Å². The first-order valence-corrected chi connectivity index (χ1v) is 11.1. The van der Waals surface area contributed by atoms with Gasteiger partial charge in [-0.15, -0.1) is 0 Å². The van der Waals surface area contributed by atoms with Gasteiger partial charge in [-0.3, -0.25) is 4.90 Å². The van der Waals surface area contributed by atoms with E-state index < -0.39 is 6.10 Å². The van der Waals surface area contributed by atoms with Crippen molar-refractivity contribution in [3.8, 4) is 17.2 Å². The topological polar surface area (TPSA) is 51.2 Å². The van der Waals surface area contributed by atoms with E-state index in [9.17, 15) is 5.11 Å². The van der Waals surface area contributed by atoms with E-state index >= 15 is 0 Å². The Hall–Kier alpha value is -2.73. The van der Waals surface area contributed by atoms with Gasteiger partial charge in [0, 0.05) is 31.6 Å². The normalized spacial score (nSPS) is 14.8. The van der Waals surface area contributed by atoms with E-state index in [1.807, 2.05) is 54.6 Å². The van der Waals surface area contributed by atoms with E-state index in [2.05, 4.69) is 11.0 Å². The van der Waals surface area contributed by atoms with Gasteiger partial charge in [0.05, 0.1) is 25.3 Å². The highest BCUT2D eigenvalue weighted by Crippen LogP contribution is 2.38. The van der Waals surface area contributed by atoms with Crippen LogP contribution in [0.2, 0.25) is 5.02 Å². The summed E-state index contributed by atoms with van der Waals surface area (Å²) in [6, 6.07) is 19.8. The van der Waals surface area contributed by atoms with Gasteiger partial charge in [0.15, 0.2) is 11.5 Å². The third kappa shape index (κ3) is 5.01. The molecule has 168 valence electrons. The van der Waals surface area contributed by atoms with Crippen LogP contribution in [0.15, 0.2) is 60.7 Å². The lowest BCUT2D eigenvalue weighted by Crippen LogP contribution is -2.25. The molecule has 0 saturated carbocycles. The Morgan fingerprint density at radius 3 is 2.62 bits per heavy atom. The number of ether oxygens (including phenoxy) is 3. The highest BCUT2D eigenvalue weighted by atomic mass is 35.5. The first kappa shape index (κ1) is 22.5. The average molecular weight is 454 g/mol. The quantitative estimate of drug-likeness (QED) is 0.544. The fourth-order valence-electron chi connectivity index (χ4n) is 4.06. The van der Waals surface area contributed by atoms with Crippen molar-refractivity contribution in [3.05, 3.63) is 87.9 Å². The number of hydrogen-bond donors (Lipinski definition) is 1. The summed E-state index contributed by atoms with van der Waals surface area (Å²) in [5.41, 5.74) is 4.02. The molecule has 1 aliphatic rings. The number of hydrogen-bond acceptors (Lipinski definition) is 5.